The first-order chi connectivity index (χ1) is 7.15. The molecule has 0 saturated heterocycles. The van der Waals surface area contributed by atoms with E-state index in [1.165, 1.54) is 0 Å². The predicted molar refractivity (Wildman–Crippen MR) is 57.3 cm³/mol. The third-order valence-electron chi connectivity index (χ3n) is 2.87. The second-order valence-corrected chi connectivity index (χ2v) is 4.27. The van der Waals surface area contributed by atoms with Crippen molar-refractivity contribution in [1.82, 2.24) is 4.90 Å². The van der Waals surface area contributed by atoms with E-state index in [2.05, 4.69) is 0 Å². The highest BCUT2D eigenvalue weighted by Gasteiger charge is 2.35. The van der Waals surface area contributed by atoms with Gasteiger partial charge in [-0.1, -0.05) is 13.8 Å². The van der Waals surface area contributed by atoms with Crippen LogP contribution in [0.5, 0.6) is 0 Å². The van der Waals surface area contributed by atoms with Gasteiger partial charge in [-0.05, 0) is 26.9 Å². The lowest BCUT2D eigenvalue weighted by Crippen LogP contribution is -2.50. The topological polar surface area (TPSA) is 20.3 Å². The molecule has 0 radical (unpaired) electrons. The van der Waals surface area contributed by atoms with Gasteiger partial charge in [-0.2, -0.15) is 13.2 Å². The first-order valence-corrected chi connectivity index (χ1v) is 5.50. The molecule has 96 valence electrons. The van der Waals surface area contributed by atoms with Crippen LogP contribution in [0.15, 0.2) is 0 Å². The molecule has 16 heavy (non-hydrogen) atoms. The summed E-state index contributed by atoms with van der Waals surface area (Å²) in [6.45, 7) is 8.45. The number of halogens is 3. The van der Waals surface area contributed by atoms with Crippen molar-refractivity contribution >= 4 is 5.78 Å². The minimum Gasteiger partial charge on any atom is -0.298 e. The second kappa shape index (κ2) is 5.66. The van der Waals surface area contributed by atoms with Crippen LogP contribution in [-0.4, -0.2) is 35.5 Å². The van der Waals surface area contributed by atoms with Gasteiger partial charge in [-0.15, -0.1) is 0 Å². The van der Waals surface area contributed by atoms with E-state index in [9.17, 15) is 18.0 Å². The van der Waals surface area contributed by atoms with E-state index in [1.807, 2.05) is 18.7 Å². The van der Waals surface area contributed by atoms with Crippen molar-refractivity contribution in [1.29, 1.82) is 0 Å². The summed E-state index contributed by atoms with van der Waals surface area (Å²) in [5, 5.41) is 0. The van der Waals surface area contributed by atoms with E-state index in [1.54, 1.807) is 13.8 Å². The minimum atomic E-state index is -4.25. The normalized spacial score (nSPS) is 13.2. The molecule has 0 aromatic carbocycles. The summed E-state index contributed by atoms with van der Waals surface area (Å²) in [5.74, 6) is -0.353. The predicted octanol–water partition coefficient (Wildman–Crippen LogP) is 3.02. The molecule has 0 saturated carbocycles. The summed E-state index contributed by atoms with van der Waals surface area (Å²) in [6.07, 6.45) is -5.72. The van der Waals surface area contributed by atoms with Gasteiger partial charge < -0.3 is 0 Å². The fourth-order valence-electron chi connectivity index (χ4n) is 1.75. The maximum Gasteiger partial charge on any atom is 0.389 e. The summed E-state index contributed by atoms with van der Waals surface area (Å²) in [5.41, 5.74) is -0.811. The van der Waals surface area contributed by atoms with Crippen LogP contribution in [0.1, 0.15) is 40.5 Å². The maximum atomic E-state index is 12.0. The highest BCUT2D eigenvalue weighted by atomic mass is 19.4. The van der Waals surface area contributed by atoms with Crippen molar-refractivity contribution in [3.05, 3.63) is 0 Å². The number of carbonyl (C=O) groups excluding carboxylic acids is 1. The number of rotatable bonds is 6. The lowest BCUT2D eigenvalue weighted by molar-refractivity contribution is -0.147. The van der Waals surface area contributed by atoms with Gasteiger partial charge in [0.25, 0.3) is 0 Å². The van der Waals surface area contributed by atoms with Crippen LogP contribution in [-0.2, 0) is 4.79 Å². The van der Waals surface area contributed by atoms with Gasteiger partial charge in [0.15, 0.2) is 5.78 Å². The summed E-state index contributed by atoms with van der Waals surface area (Å²) in [6, 6.07) is 0. The lowest BCUT2D eigenvalue weighted by atomic mass is 9.93. The number of hydrogen-bond donors (Lipinski definition) is 0. The fourth-order valence-corrected chi connectivity index (χ4v) is 1.75. The fraction of sp³-hybridized carbons (Fsp3) is 0.909. The van der Waals surface area contributed by atoms with E-state index in [4.69, 9.17) is 0 Å². The molecule has 0 atom stereocenters. The molecule has 0 aromatic rings. The molecule has 0 aliphatic rings. The average Bonchev–Trinajstić information content (AvgIpc) is 2.14. The van der Waals surface area contributed by atoms with Crippen molar-refractivity contribution in [3.63, 3.8) is 0 Å². The summed E-state index contributed by atoms with van der Waals surface area (Å²) < 4.78 is 36.0. The number of nitrogens with zero attached hydrogens (tertiary/aromatic N) is 1. The van der Waals surface area contributed by atoms with Gasteiger partial charge in [0.1, 0.15) is 0 Å². The molecule has 0 bridgehead atoms. The van der Waals surface area contributed by atoms with Crippen LogP contribution in [0.25, 0.3) is 0 Å². The summed E-state index contributed by atoms with van der Waals surface area (Å²) >= 11 is 0. The van der Waals surface area contributed by atoms with Crippen LogP contribution in [0, 0.1) is 0 Å². The van der Waals surface area contributed by atoms with Crippen molar-refractivity contribution in [3.8, 4) is 0 Å². The Kier molecular flexibility index (Phi) is 5.46. The van der Waals surface area contributed by atoms with Gasteiger partial charge in [0, 0.05) is 6.42 Å². The zero-order chi connectivity index (χ0) is 13.0. The molecule has 2 nitrogen and oxygen atoms in total. The van der Waals surface area contributed by atoms with Crippen molar-refractivity contribution < 1.29 is 18.0 Å². The molecule has 5 heteroatoms. The second-order valence-electron chi connectivity index (χ2n) is 4.27. The van der Waals surface area contributed by atoms with Gasteiger partial charge in [-0.3, -0.25) is 9.69 Å². The molecule has 0 aliphatic heterocycles. The van der Waals surface area contributed by atoms with Crippen LogP contribution >= 0.6 is 0 Å². The lowest BCUT2D eigenvalue weighted by Gasteiger charge is -2.35. The molecule has 0 fully saturated rings. The molecule has 0 spiro atoms. The standard InChI is InChI=1S/C11H20F3NO/c1-5-15(6-2)10(3,4)9(16)7-8-11(12,13)14/h5-8H2,1-4H3. The molecule has 0 aromatic heterocycles. The molecule has 0 rings (SSSR count). The highest BCUT2D eigenvalue weighted by Crippen LogP contribution is 2.25. The van der Waals surface area contributed by atoms with Gasteiger partial charge in [0.2, 0.25) is 0 Å². The van der Waals surface area contributed by atoms with Crippen molar-refractivity contribution in [2.75, 3.05) is 13.1 Å². The van der Waals surface area contributed by atoms with E-state index in [-0.39, 0.29) is 5.78 Å². The van der Waals surface area contributed by atoms with Crippen LogP contribution < -0.4 is 0 Å². The van der Waals surface area contributed by atoms with Gasteiger partial charge >= 0.3 is 6.18 Å². The molecule has 0 heterocycles. The van der Waals surface area contributed by atoms with E-state index >= 15 is 0 Å². The summed E-state index contributed by atoms with van der Waals surface area (Å²) in [7, 11) is 0. The van der Waals surface area contributed by atoms with Crippen LogP contribution in [0.2, 0.25) is 0 Å². The molecule has 0 aliphatic carbocycles. The Morgan fingerprint density at radius 1 is 1.12 bits per heavy atom. The average molecular weight is 239 g/mol. The van der Waals surface area contributed by atoms with Crippen molar-refractivity contribution in [2.45, 2.75) is 52.3 Å². The van der Waals surface area contributed by atoms with Gasteiger partial charge in [-0.25, -0.2) is 0 Å². The Balaban J connectivity index is 4.46. The molecular formula is C11H20F3NO. The van der Waals surface area contributed by atoms with Crippen molar-refractivity contribution in [2.24, 2.45) is 0 Å². The minimum absolute atomic E-state index is 0.353. The Labute approximate surface area is 94.8 Å². The largest absolute Gasteiger partial charge is 0.389 e. The van der Waals surface area contributed by atoms with E-state index in [0.29, 0.717) is 13.1 Å². The first-order valence-electron chi connectivity index (χ1n) is 5.50. The zero-order valence-electron chi connectivity index (χ0n) is 10.3. The Morgan fingerprint density at radius 2 is 1.56 bits per heavy atom. The molecule has 0 amide bonds. The number of likely N-dealkylation sites (N-methyl/N-ethyl adjacent to an activating group) is 1. The number of carbonyl (C=O) groups is 1. The molecular weight excluding hydrogens is 219 g/mol. The number of Topliss-reactive ketones (excluding diaryl/α,β-unsaturated/α-hetero) is 1. The van der Waals surface area contributed by atoms with Crippen LogP contribution in [0.4, 0.5) is 13.2 Å². The first kappa shape index (κ1) is 15.4. The van der Waals surface area contributed by atoms with Crippen LogP contribution in [0.3, 0.4) is 0 Å². The number of alkyl halides is 3. The Morgan fingerprint density at radius 3 is 1.88 bits per heavy atom. The number of hydrogen-bond acceptors (Lipinski definition) is 2. The maximum absolute atomic E-state index is 12.0. The summed E-state index contributed by atoms with van der Waals surface area (Å²) in [4.78, 5) is 13.6. The monoisotopic (exact) mass is 239 g/mol. The zero-order valence-corrected chi connectivity index (χ0v) is 10.3. The Hall–Kier alpha value is -0.580. The number of ketones is 1. The third kappa shape index (κ3) is 4.51. The third-order valence-corrected chi connectivity index (χ3v) is 2.87. The molecule has 0 N–H and O–H groups in total. The molecule has 0 unspecified atom stereocenters. The van der Waals surface area contributed by atoms with E-state index in [0.717, 1.165) is 0 Å². The highest BCUT2D eigenvalue weighted by molar-refractivity contribution is 5.87. The SMILES string of the molecule is CCN(CC)C(C)(C)C(=O)CCC(F)(F)F. The van der Waals surface area contributed by atoms with Gasteiger partial charge in [0.05, 0.1) is 12.0 Å². The quantitative estimate of drug-likeness (QED) is 0.710. The smallest absolute Gasteiger partial charge is 0.298 e. The van der Waals surface area contributed by atoms with E-state index < -0.39 is 24.6 Å². The Bertz CT molecular complexity index is 232.